The average molecular weight is 514 g/mol. The first-order chi connectivity index (χ1) is 17.5. The number of aromatic nitrogens is 2. The second-order valence-electron chi connectivity index (χ2n) is 10.4. The summed E-state index contributed by atoms with van der Waals surface area (Å²) in [7, 11) is 2.84. The zero-order valence-electron chi connectivity index (χ0n) is 21.6. The Morgan fingerprint density at radius 1 is 1.24 bits per heavy atom. The topological polar surface area (TPSA) is 107 Å². The van der Waals surface area contributed by atoms with Crippen LogP contribution in [0.3, 0.4) is 0 Å². The number of ether oxygens (including phenoxy) is 2. The van der Waals surface area contributed by atoms with Crippen LogP contribution in [0.25, 0.3) is 0 Å². The highest BCUT2D eigenvalue weighted by atomic mass is 19.1. The summed E-state index contributed by atoms with van der Waals surface area (Å²) in [6.45, 7) is 5.33. The molecule has 0 saturated carbocycles. The van der Waals surface area contributed by atoms with Crippen LogP contribution in [0.4, 0.5) is 4.39 Å². The Morgan fingerprint density at radius 2 is 2.00 bits per heavy atom. The Kier molecular flexibility index (Phi) is 6.89. The van der Waals surface area contributed by atoms with Crippen LogP contribution < -0.4 is 4.74 Å². The molecule has 3 atom stereocenters. The Morgan fingerprint density at radius 3 is 2.54 bits per heavy atom. The van der Waals surface area contributed by atoms with Crippen LogP contribution >= 0.6 is 0 Å². The molecule has 1 saturated heterocycles. The van der Waals surface area contributed by atoms with E-state index in [1.165, 1.54) is 37.4 Å². The van der Waals surface area contributed by atoms with E-state index in [1.54, 1.807) is 36.5 Å². The first-order valence-electron chi connectivity index (χ1n) is 11.9. The van der Waals surface area contributed by atoms with Gasteiger partial charge in [-0.2, -0.15) is 5.10 Å². The molecule has 1 aliphatic heterocycles. The molecule has 3 unspecified atom stereocenters. The number of amides is 1. The molecule has 0 aliphatic carbocycles. The maximum atomic E-state index is 16.8. The van der Waals surface area contributed by atoms with Crippen molar-refractivity contribution in [2.75, 3.05) is 20.8 Å². The van der Waals surface area contributed by atoms with Gasteiger partial charge in [0.15, 0.2) is 11.2 Å². The summed E-state index contributed by atoms with van der Waals surface area (Å²) in [5.41, 5.74) is -3.49. The van der Waals surface area contributed by atoms with Crippen molar-refractivity contribution in [3.05, 3.63) is 71.9 Å². The van der Waals surface area contributed by atoms with Gasteiger partial charge in [-0.25, -0.2) is 9.18 Å². The standard InChI is InChI=1S/C27H32FN3O6/c1-25(2,3)19-10-9-18(14-21(19)36-5)23(32)31-22(20-8-6-13-37-20)26(28,17-35-4)15-27(31,24(33)34)16-30-12-7-11-29-30/h6-14,22H,15-17H2,1-5H3,(H,33,34). The minimum atomic E-state index is -2.26. The van der Waals surface area contributed by atoms with Gasteiger partial charge < -0.3 is 23.9 Å². The summed E-state index contributed by atoms with van der Waals surface area (Å²) in [6.07, 6.45) is 3.90. The summed E-state index contributed by atoms with van der Waals surface area (Å²) in [5.74, 6) is -1.44. The van der Waals surface area contributed by atoms with Crippen molar-refractivity contribution in [1.82, 2.24) is 14.7 Å². The van der Waals surface area contributed by atoms with Gasteiger partial charge in [-0.3, -0.25) is 9.48 Å². The van der Waals surface area contributed by atoms with Gasteiger partial charge in [0.05, 0.1) is 26.5 Å². The highest BCUT2D eigenvalue weighted by molar-refractivity contribution is 5.99. The molecule has 2 aromatic heterocycles. The zero-order chi connectivity index (χ0) is 27.0. The van der Waals surface area contributed by atoms with Gasteiger partial charge in [-0.05, 0) is 41.3 Å². The summed E-state index contributed by atoms with van der Waals surface area (Å²) in [5, 5.41) is 14.7. The molecule has 1 aliphatic rings. The molecule has 9 nitrogen and oxygen atoms in total. The Bertz CT molecular complexity index is 1250. The molecule has 0 radical (unpaired) electrons. The molecule has 1 N–H and O–H groups in total. The minimum absolute atomic E-state index is 0.120. The molecule has 0 bridgehead atoms. The normalized spacial score (nSPS) is 23.8. The first kappa shape index (κ1) is 26.4. The number of halogens is 1. The number of benzene rings is 1. The van der Waals surface area contributed by atoms with Crippen molar-refractivity contribution in [3.8, 4) is 5.75 Å². The summed E-state index contributed by atoms with van der Waals surface area (Å²) in [4.78, 5) is 28.3. The Labute approximate surface area is 214 Å². The number of carbonyl (C=O) groups excluding carboxylic acids is 1. The van der Waals surface area contributed by atoms with Crippen LogP contribution in [0, 0.1) is 0 Å². The average Bonchev–Trinajstić information content (AvgIpc) is 3.58. The molecule has 4 rings (SSSR count). The third kappa shape index (κ3) is 4.61. The maximum absolute atomic E-state index is 16.8. The minimum Gasteiger partial charge on any atom is -0.496 e. The monoisotopic (exact) mass is 513 g/mol. The van der Waals surface area contributed by atoms with Crippen LogP contribution in [0.5, 0.6) is 5.75 Å². The van der Waals surface area contributed by atoms with Crippen LogP contribution in [0.2, 0.25) is 0 Å². The molecular formula is C27H32FN3O6. The third-order valence-electron chi connectivity index (χ3n) is 6.85. The van der Waals surface area contributed by atoms with Crippen LogP contribution in [-0.2, 0) is 21.5 Å². The number of carboxylic acids is 1. The van der Waals surface area contributed by atoms with Crippen molar-refractivity contribution in [3.63, 3.8) is 0 Å². The molecule has 1 fully saturated rings. The van der Waals surface area contributed by atoms with Crippen molar-refractivity contribution in [1.29, 1.82) is 0 Å². The van der Waals surface area contributed by atoms with Crippen molar-refractivity contribution in [2.45, 2.75) is 56.4 Å². The largest absolute Gasteiger partial charge is 0.496 e. The van der Waals surface area contributed by atoms with E-state index in [4.69, 9.17) is 13.9 Å². The number of alkyl halides is 1. The predicted molar refractivity (Wildman–Crippen MR) is 132 cm³/mol. The lowest BCUT2D eigenvalue weighted by Crippen LogP contribution is -2.56. The highest BCUT2D eigenvalue weighted by Crippen LogP contribution is 2.53. The Balaban J connectivity index is 1.93. The van der Waals surface area contributed by atoms with E-state index in [0.717, 1.165) is 10.5 Å². The Hall–Kier alpha value is -3.66. The van der Waals surface area contributed by atoms with E-state index in [2.05, 4.69) is 5.10 Å². The van der Waals surface area contributed by atoms with Gasteiger partial charge in [0.1, 0.15) is 17.6 Å². The van der Waals surface area contributed by atoms with E-state index in [0.29, 0.717) is 5.75 Å². The van der Waals surface area contributed by atoms with Gasteiger partial charge in [-0.15, -0.1) is 0 Å². The molecule has 1 amide bonds. The van der Waals surface area contributed by atoms with Crippen LogP contribution in [-0.4, -0.2) is 63.7 Å². The van der Waals surface area contributed by atoms with Crippen LogP contribution in [0.15, 0.2) is 59.5 Å². The van der Waals surface area contributed by atoms with Gasteiger partial charge in [0.2, 0.25) is 0 Å². The van der Waals surface area contributed by atoms with E-state index in [-0.39, 0.29) is 23.3 Å². The second kappa shape index (κ2) is 9.66. The zero-order valence-corrected chi connectivity index (χ0v) is 21.6. The molecule has 3 aromatic rings. The molecule has 3 heterocycles. The number of aliphatic carboxylic acids is 1. The fourth-order valence-corrected chi connectivity index (χ4v) is 5.28. The number of nitrogens with zero attached hydrogens (tertiary/aromatic N) is 3. The molecule has 10 heteroatoms. The van der Waals surface area contributed by atoms with E-state index < -0.39 is 42.2 Å². The lowest BCUT2D eigenvalue weighted by atomic mass is 9.85. The fourth-order valence-electron chi connectivity index (χ4n) is 5.28. The van der Waals surface area contributed by atoms with Crippen molar-refractivity contribution < 1.29 is 33.0 Å². The van der Waals surface area contributed by atoms with E-state index >= 15 is 4.39 Å². The summed E-state index contributed by atoms with van der Waals surface area (Å²) < 4.78 is 34.5. The molecule has 0 spiro atoms. The summed E-state index contributed by atoms with van der Waals surface area (Å²) >= 11 is 0. The van der Waals surface area contributed by atoms with Crippen molar-refractivity contribution >= 4 is 11.9 Å². The summed E-state index contributed by atoms with van der Waals surface area (Å²) in [6, 6.07) is 8.32. The lowest BCUT2D eigenvalue weighted by molar-refractivity contribution is -0.150. The van der Waals surface area contributed by atoms with Gasteiger partial charge in [0, 0.05) is 31.5 Å². The number of hydrogen-bond acceptors (Lipinski definition) is 6. The maximum Gasteiger partial charge on any atom is 0.331 e. The number of furan rings is 1. The third-order valence-corrected chi connectivity index (χ3v) is 6.85. The molecule has 37 heavy (non-hydrogen) atoms. The second-order valence-corrected chi connectivity index (χ2v) is 10.4. The van der Waals surface area contributed by atoms with E-state index in [1.807, 2.05) is 20.8 Å². The number of carboxylic acid groups (broad SMARTS) is 1. The van der Waals surface area contributed by atoms with Gasteiger partial charge in [0.25, 0.3) is 5.91 Å². The number of methoxy groups -OCH3 is 2. The quantitative estimate of drug-likeness (QED) is 0.480. The number of carbonyl (C=O) groups is 2. The number of rotatable bonds is 8. The SMILES string of the molecule is COCC1(F)CC(Cn2cccn2)(C(=O)O)N(C(=O)c2ccc(C(C)(C)C)c(OC)c2)C1c1ccco1. The smallest absolute Gasteiger partial charge is 0.331 e. The number of hydrogen-bond donors (Lipinski definition) is 1. The van der Waals surface area contributed by atoms with Crippen LogP contribution in [0.1, 0.15) is 54.9 Å². The van der Waals surface area contributed by atoms with E-state index in [9.17, 15) is 14.7 Å². The number of likely N-dealkylation sites (tertiary alicyclic amines) is 1. The van der Waals surface area contributed by atoms with Crippen molar-refractivity contribution in [2.24, 2.45) is 0 Å². The fraction of sp³-hybridized carbons (Fsp3) is 0.444. The van der Waals surface area contributed by atoms with Gasteiger partial charge in [-0.1, -0.05) is 26.8 Å². The molecule has 198 valence electrons. The first-order valence-corrected chi connectivity index (χ1v) is 11.9. The van der Waals surface area contributed by atoms with Gasteiger partial charge >= 0.3 is 5.97 Å². The predicted octanol–water partition coefficient (Wildman–Crippen LogP) is 4.25. The molecular weight excluding hydrogens is 481 g/mol. The highest BCUT2D eigenvalue weighted by Gasteiger charge is 2.67. The molecule has 1 aromatic carbocycles. The lowest BCUT2D eigenvalue weighted by Gasteiger charge is -2.37.